The first-order chi connectivity index (χ1) is 20.9. The van der Waals surface area contributed by atoms with Gasteiger partial charge in [0.05, 0.1) is 6.21 Å². The lowest BCUT2D eigenvalue weighted by molar-refractivity contribution is 0.0923. The largest absolute Gasteiger partial charge is 0.486 e. The summed E-state index contributed by atoms with van der Waals surface area (Å²) in [6.45, 7) is 7.02. The highest BCUT2D eigenvalue weighted by Gasteiger charge is 2.15. The maximum atomic E-state index is 12.8. The van der Waals surface area contributed by atoms with Crippen molar-refractivity contribution in [2.75, 3.05) is 0 Å². The lowest BCUT2D eigenvalue weighted by Gasteiger charge is -2.10. The minimum atomic E-state index is -0.443. The molecule has 8 heteroatoms. The minimum absolute atomic E-state index is 0.155. The average molecular weight is 591 g/mol. The Balaban J connectivity index is 1.10. The van der Waals surface area contributed by atoms with Gasteiger partial charge in [-0.3, -0.25) is 4.79 Å². The molecule has 0 saturated heterocycles. The molecule has 1 N–H and O–H groups in total. The molecular weight excluding hydrogens is 560 g/mol. The van der Waals surface area contributed by atoms with E-state index in [4.69, 9.17) is 20.8 Å². The van der Waals surface area contributed by atoms with Crippen LogP contribution in [0.1, 0.15) is 44.5 Å². The van der Waals surface area contributed by atoms with Crippen molar-refractivity contribution >= 4 is 34.6 Å². The van der Waals surface area contributed by atoms with Crippen LogP contribution in [0.25, 0.3) is 16.6 Å². The third kappa shape index (κ3) is 5.85. The van der Waals surface area contributed by atoms with E-state index in [1.54, 1.807) is 18.3 Å². The summed E-state index contributed by atoms with van der Waals surface area (Å²) in [7, 11) is 0. The summed E-state index contributed by atoms with van der Waals surface area (Å²) >= 11 is 6.44. The van der Waals surface area contributed by atoms with Crippen molar-refractivity contribution in [1.82, 2.24) is 14.6 Å². The summed E-state index contributed by atoms with van der Waals surface area (Å²) < 4.78 is 16.0. The molecule has 3 heterocycles. The number of carbonyl (C=O) groups is 1. The monoisotopic (exact) mass is 590 g/mol. The molecule has 3 aromatic heterocycles. The SMILES string of the molecule is Cc1ccc(C)n1-c1ccc(OCc2ccc(C(=O)N/N=C/c3c(C)n(Cc4ccccc4Cl)c4ccccc34)o2)cc1. The smallest absolute Gasteiger partial charge is 0.307 e. The van der Waals surface area contributed by atoms with Crippen LogP contribution in [0.4, 0.5) is 0 Å². The summed E-state index contributed by atoms with van der Waals surface area (Å²) in [4.78, 5) is 12.8. The molecule has 7 nitrogen and oxygen atoms in total. The lowest BCUT2D eigenvalue weighted by atomic mass is 10.1. The fourth-order valence-electron chi connectivity index (χ4n) is 5.33. The zero-order valence-corrected chi connectivity index (χ0v) is 24.9. The number of amides is 1. The Hall–Kier alpha value is -5.01. The Kier molecular flexibility index (Phi) is 7.90. The first-order valence-electron chi connectivity index (χ1n) is 14.0. The topological polar surface area (TPSA) is 73.7 Å². The van der Waals surface area contributed by atoms with Gasteiger partial charge < -0.3 is 18.3 Å². The van der Waals surface area contributed by atoms with Crippen LogP contribution in [0.15, 0.2) is 107 Å². The van der Waals surface area contributed by atoms with Crippen LogP contribution in [0.5, 0.6) is 5.75 Å². The second-order valence-corrected chi connectivity index (χ2v) is 10.8. The van der Waals surface area contributed by atoms with Crippen molar-refractivity contribution < 1.29 is 13.9 Å². The van der Waals surface area contributed by atoms with Crippen molar-refractivity contribution in [3.05, 3.63) is 142 Å². The number of furan rings is 1. The molecule has 0 saturated carbocycles. The van der Waals surface area contributed by atoms with Crippen molar-refractivity contribution in [3.63, 3.8) is 0 Å². The Morgan fingerprint density at radius 1 is 0.907 bits per heavy atom. The van der Waals surface area contributed by atoms with Gasteiger partial charge in [-0.25, -0.2) is 5.43 Å². The van der Waals surface area contributed by atoms with E-state index in [1.807, 2.05) is 73.7 Å². The fraction of sp³-hybridized carbons (Fsp3) is 0.143. The molecule has 43 heavy (non-hydrogen) atoms. The molecule has 6 rings (SSSR count). The van der Waals surface area contributed by atoms with Gasteiger partial charge in [0.25, 0.3) is 0 Å². The maximum absolute atomic E-state index is 12.8. The van der Waals surface area contributed by atoms with E-state index in [2.05, 4.69) is 51.7 Å². The molecule has 6 aromatic rings. The van der Waals surface area contributed by atoms with Crippen LogP contribution < -0.4 is 10.2 Å². The third-order valence-electron chi connectivity index (χ3n) is 7.56. The van der Waals surface area contributed by atoms with Gasteiger partial charge in [0.2, 0.25) is 0 Å². The first kappa shape index (κ1) is 28.1. The van der Waals surface area contributed by atoms with Gasteiger partial charge in [-0.1, -0.05) is 48.0 Å². The number of ether oxygens (including phenoxy) is 1. The van der Waals surface area contributed by atoms with Gasteiger partial charge in [0.1, 0.15) is 18.1 Å². The standard InChI is InChI=1S/C35H31ClN4O3/c1-23-12-13-24(2)40(23)27-14-16-28(17-15-27)42-22-29-18-19-34(43-29)35(41)38-37-20-31-25(3)39(33-11-7-5-9-30(31)33)21-26-8-4-6-10-32(26)36/h4-20H,21-22H2,1-3H3,(H,38,41)/b37-20+. The normalized spacial score (nSPS) is 11.4. The number of carbonyl (C=O) groups excluding carboxylic acids is 1. The summed E-state index contributed by atoms with van der Waals surface area (Å²) in [5.41, 5.74) is 10.0. The molecule has 0 radical (unpaired) electrons. The van der Waals surface area contributed by atoms with Crippen LogP contribution in [0.2, 0.25) is 5.02 Å². The van der Waals surface area contributed by atoms with E-state index in [0.29, 0.717) is 18.1 Å². The highest BCUT2D eigenvalue weighted by Crippen LogP contribution is 2.27. The molecule has 0 bridgehead atoms. The van der Waals surface area contributed by atoms with Crippen LogP contribution in [0.3, 0.4) is 0 Å². The van der Waals surface area contributed by atoms with Gasteiger partial charge in [-0.2, -0.15) is 5.10 Å². The van der Waals surface area contributed by atoms with Gasteiger partial charge >= 0.3 is 5.91 Å². The molecule has 0 aliphatic rings. The highest BCUT2D eigenvalue weighted by atomic mass is 35.5. The van der Waals surface area contributed by atoms with Crippen molar-refractivity contribution in [2.45, 2.75) is 33.9 Å². The second kappa shape index (κ2) is 12.1. The van der Waals surface area contributed by atoms with Crippen LogP contribution in [-0.4, -0.2) is 21.3 Å². The van der Waals surface area contributed by atoms with E-state index in [1.165, 1.54) is 11.4 Å². The number of benzene rings is 3. The predicted octanol–water partition coefficient (Wildman–Crippen LogP) is 7.99. The number of hydrogen-bond acceptors (Lipinski definition) is 4. The second-order valence-electron chi connectivity index (χ2n) is 10.4. The molecule has 0 aliphatic carbocycles. The molecule has 0 aliphatic heterocycles. The Morgan fingerprint density at radius 2 is 1.63 bits per heavy atom. The van der Waals surface area contributed by atoms with Gasteiger partial charge in [-0.05, 0) is 87.0 Å². The summed E-state index contributed by atoms with van der Waals surface area (Å²) in [6.07, 6.45) is 1.67. The molecule has 1 amide bonds. The molecule has 3 aromatic carbocycles. The number of hydrazone groups is 1. The van der Waals surface area contributed by atoms with E-state index in [9.17, 15) is 4.79 Å². The van der Waals surface area contributed by atoms with Gasteiger partial charge in [0, 0.05) is 50.8 Å². The molecule has 0 unspecified atom stereocenters. The molecule has 0 atom stereocenters. The number of para-hydroxylation sites is 1. The number of aromatic nitrogens is 2. The Labute approximate surface area is 255 Å². The number of nitrogens with one attached hydrogen (secondary N) is 1. The van der Waals surface area contributed by atoms with Crippen molar-refractivity contribution in [2.24, 2.45) is 5.10 Å². The highest BCUT2D eigenvalue weighted by molar-refractivity contribution is 6.31. The fourth-order valence-corrected chi connectivity index (χ4v) is 5.53. The summed E-state index contributed by atoms with van der Waals surface area (Å²) in [5, 5.41) is 6.01. The van der Waals surface area contributed by atoms with Crippen LogP contribution in [-0.2, 0) is 13.2 Å². The predicted molar refractivity (Wildman–Crippen MR) is 171 cm³/mol. The van der Waals surface area contributed by atoms with Crippen LogP contribution >= 0.6 is 11.6 Å². The van der Waals surface area contributed by atoms with Crippen molar-refractivity contribution in [1.29, 1.82) is 0 Å². The maximum Gasteiger partial charge on any atom is 0.307 e. The molecule has 0 fully saturated rings. The van der Waals surface area contributed by atoms with E-state index >= 15 is 0 Å². The van der Waals surface area contributed by atoms with E-state index in [-0.39, 0.29) is 12.4 Å². The number of fused-ring (bicyclic) bond motifs is 1. The molecular formula is C35H31ClN4O3. The summed E-state index contributed by atoms with van der Waals surface area (Å²) in [6, 6.07) is 31.4. The average Bonchev–Trinajstić information content (AvgIpc) is 3.70. The minimum Gasteiger partial charge on any atom is -0.486 e. The lowest BCUT2D eigenvalue weighted by Crippen LogP contribution is -2.16. The van der Waals surface area contributed by atoms with E-state index < -0.39 is 5.91 Å². The zero-order chi connectivity index (χ0) is 29.9. The van der Waals surface area contributed by atoms with E-state index in [0.717, 1.165) is 38.4 Å². The number of nitrogens with zero attached hydrogens (tertiary/aromatic N) is 3. The Bertz CT molecular complexity index is 1930. The van der Waals surface area contributed by atoms with Crippen LogP contribution in [0, 0.1) is 20.8 Å². The first-order valence-corrected chi connectivity index (χ1v) is 14.4. The van der Waals surface area contributed by atoms with Crippen molar-refractivity contribution in [3.8, 4) is 11.4 Å². The van der Waals surface area contributed by atoms with Gasteiger partial charge in [0.15, 0.2) is 5.76 Å². The molecule has 216 valence electrons. The zero-order valence-electron chi connectivity index (χ0n) is 24.2. The number of rotatable bonds is 9. The Morgan fingerprint density at radius 3 is 2.40 bits per heavy atom. The molecule has 0 spiro atoms. The third-order valence-corrected chi connectivity index (χ3v) is 7.93. The number of halogens is 1. The van der Waals surface area contributed by atoms with Gasteiger partial charge in [-0.15, -0.1) is 0 Å². The quantitative estimate of drug-likeness (QED) is 0.137. The summed E-state index contributed by atoms with van der Waals surface area (Å²) in [5.74, 6) is 0.959. The number of aryl methyl sites for hydroxylation is 2. The number of hydrogen-bond donors (Lipinski definition) is 1.